The summed E-state index contributed by atoms with van der Waals surface area (Å²) in [6, 6.07) is 6.25. The van der Waals surface area contributed by atoms with Crippen molar-refractivity contribution in [2.45, 2.75) is 25.7 Å². The quantitative estimate of drug-likeness (QED) is 0.733. The van der Waals surface area contributed by atoms with E-state index in [1.165, 1.54) is 12.1 Å². The van der Waals surface area contributed by atoms with E-state index in [4.69, 9.17) is 4.74 Å². The molecule has 1 aromatic rings. The summed E-state index contributed by atoms with van der Waals surface area (Å²) in [4.78, 5) is 32.2. The van der Waals surface area contributed by atoms with Crippen LogP contribution in [0.25, 0.3) is 0 Å². The van der Waals surface area contributed by atoms with Crippen LogP contribution in [0, 0.1) is 16.6 Å². The summed E-state index contributed by atoms with van der Waals surface area (Å²) in [5.74, 6) is -0.0126. The fraction of sp³-hybridized carbons (Fsp3) is 0.652. The lowest BCUT2D eigenvalue weighted by Gasteiger charge is -2.47. The monoisotopic (exact) mass is 417 g/mol. The molecule has 0 aromatic heterocycles. The largest absolute Gasteiger partial charge is 0.383 e. The Hall–Kier alpha value is -1.99. The van der Waals surface area contributed by atoms with Crippen molar-refractivity contribution in [1.82, 2.24) is 14.7 Å². The zero-order valence-electron chi connectivity index (χ0n) is 18.0. The van der Waals surface area contributed by atoms with Gasteiger partial charge in [0.1, 0.15) is 5.82 Å². The first kappa shape index (κ1) is 21.2. The van der Waals surface area contributed by atoms with Gasteiger partial charge in [0.15, 0.2) is 0 Å². The van der Waals surface area contributed by atoms with E-state index in [1.807, 2.05) is 16.8 Å². The number of halogens is 1. The summed E-state index contributed by atoms with van der Waals surface area (Å²) in [6.45, 7) is 5.29. The lowest BCUT2D eigenvalue weighted by Crippen LogP contribution is -2.53. The van der Waals surface area contributed by atoms with E-state index >= 15 is 0 Å². The van der Waals surface area contributed by atoms with E-state index in [9.17, 15) is 14.0 Å². The summed E-state index contributed by atoms with van der Waals surface area (Å²) >= 11 is 0. The van der Waals surface area contributed by atoms with E-state index in [0.29, 0.717) is 25.3 Å². The highest BCUT2D eigenvalue weighted by molar-refractivity contribution is 5.86. The topological polar surface area (TPSA) is 53.1 Å². The smallest absolute Gasteiger partial charge is 0.230 e. The number of fused-ring (bicyclic) bond motifs is 1. The molecular weight excluding hydrogens is 385 g/mol. The molecule has 0 radical (unpaired) electrons. The number of amides is 2. The Labute approximate surface area is 177 Å². The van der Waals surface area contributed by atoms with Gasteiger partial charge in [-0.1, -0.05) is 12.1 Å². The highest BCUT2D eigenvalue weighted by Gasteiger charge is 2.64. The van der Waals surface area contributed by atoms with E-state index in [1.54, 1.807) is 19.2 Å². The summed E-state index contributed by atoms with van der Waals surface area (Å²) in [7, 11) is 3.61. The standard InChI is InChI=1S/C23H32FN3O3/c1-25-9-8-23(21(25)29)17-26(12-13-30-2)16-22(23)6-10-27(11-7-22)20(28)15-18-4-3-5-19(24)14-18/h3-5,14H,6-13,15-17H2,1-2H3/t23-/m0/s1. The molecule has 2 amide bonds. The molecule has 3 aliphatic rings. The van der Waals surface area contributed by atoms with Crippen LogP contribution in [-0.2, 0) is 20.7 Å². The molecule has 6 nitrogen and oxygen atoms in total. The van der Waals surface area contributed by atoms with Crippen molar-refractivity contribution in [2.24, 2.45) is 10.8 Å². The van der Waals surface area contributed by atoms with Crippen LogP contribution in [-0.4, -0.2) is 86.5 Å². The highest BCUT2D eigenvalue weighted by Crippen LogP contribution is 2.57. The normalized spacial score (nSPS) is 26.3. The zero-order chi connectivity index (χ0) is 21.4. The van der Waals surface area contributed by atoms with Crippen molar-refractivity contribution in [3.05, 3.63) is 35.6 Å². The molecule has 1 atom stereocenters. The Kier molecular flexibility index (Phi) is 5.86. The maximum absolute atomic E-state index is 13.4. The van der Waals surface area contributed by atoms with E-state index < -0.39 is 0 Å². The zero-order valence-corrected chi connectivity index (χ0v) is 18.0. The summed E-state index contributed by atoms with van der Waals surface area (Å²) in [5, 5.41) is 0. The molecular formula is C23H32FN3O3. The minimum Gasteiger partial charge on any atom is -0.383 e. The summed E-state index contributed by atoms with van der Waals surface area (Å²) in [5.41, 5.74) is 0.279. The Balaban J connectivity index is 1.47. The third-order valence-electron chi connectivity index (χ3n) is 7.59. The summed E-state index contributed by atoms with van der Waals surface area (Å²) in [6.07, 6.45) is 2.79. The van der Waals surface area contributed by atoms with Crippen molar-refractivity contribution in [3.8, 4) is 0 Å². The molecule has 0 bridgehead atoms. The number of hydrogen-bond acceptors (Lipinski definition) is 4. The summed E-state index contributed by atoms with van der Waals surface area (Å²) < 4.78 is 18.7. The van der Waals surface area contributed by atoms with Gasteiger partial charge in [-0.05, 0) is 37.0 Å². The Morgan fingerprint density at radius 2 is 1.93 bits per heavy atom. The average Bonchev–Trinajstić information content (AvgIpc) is 3.19. The van der Waals surface area contributed by atoms with E-state index in [0.717, 1.165) is 45.4 Å². The first-order valence-corrected chi connectivity index (χ1v) is 10.9. The Morgan fingerprint density at radius 1 is 1.17 bits per heavy atom. The van der Waals surface area contributed by atoms with Crippen LogP contribution < -0.4 is 0 Å². The van der Waals surface area contributed by atoms with Gasteiger partial charge in [0.2, 0.25) is 11.8 Å². The molecule has 0 N–H and O–H groups in total. The molecule has 0 saturated carbocycles. The van der Waals surface area contributed by atoms with Gasteiger partial charge in [0, 0.05) is 58.8 Å². The van der Waals surface area contributed by atoms with Gasteiger partial charge in [-0.15, -0.1) is 0 Å². The van der Waals surface area contributed by atoms with Crippen molar-refractivity contribution in [2.75, 3.05) is 60.0 Å². The third kappa shape index (κ3) is 3.62. The fourth-order valence-corrected chi connectivity index (χ4v) is 5.89. The van der Waals surface area contributed by atoms with Gasteiger partial charge in [-0.25, -0.2) is 4.39 Å². The van der Waals surface area contributed by atoms with Crippen LogP contribution in [0.3, 0.4) is 0 Å². The molecule has 30 heavy (non-hydrogen) atoms. The van der Waals surface area contributed by atoms with Crippen molar-refractivity contribution in [1.29, 1.82) is 0 Å². The lowest BCUT2D eigenvalue weighted by atomic mass is 9.60. The molecule has 3 heterocycles. The van der Waals surface area contributed by atoms with Crippen LogP contribution in [0.15, 0.2) is 24.3 Å². The molecule has 3 fully saturated rings. The SMILES string of the molecule is COCCN1CC2(CCN(C(=O)Cc3cccc(F)c3)CC2)[C@@]2(CCN(C)C2=O)C1. The van der Waals surface area contributed by atoms with Gasteiger partial charge in [-0.2, -0.15) is 0 Å². The molecule has 4 rings (SSSR count). The number of methoxy groups -OCH3 is 1. The van der Waals surface area contributed by atoms with Crippen LogP contribution >= 0.6 is 0 Å². The van der Waals surface area contributed by atoms with Crippen LogP contribution in [0.2, 0.25) is 0 Å². The first-order chi connectivity index (χ1) is 14.4. The number of carbonyl (C=O) groups excluding carboxylic acids is 2. The Bertz CT molecular complexity index is 809. The molecule has 0 unspecified atom stereocenters. The minimum atomic E-state index is -0.340. The minimum absolute atomic E-state index is 0.0357. The first-order valence-electron chi connectivity index (χ1n) is 10.9. The number of benzene rings is 1. The maximum Gasteiger partial charge on any atom is 0.230 e. The number of hydrogen-bond donors (Lipinski definition) is 0. The van der Waals surface area contributed by atoms with Crippen molar-refractivity contribution < 1.29 is 18.7 Å². The van der Waals surface area contributed by atoms with Crippen LogP contribution in [0.1, 0.15) is 24.8 Å². The third-order valence-corrected chi connectivity index (χ3v) is 7.59. The average molecular weight is 418 g/mol. The molecule has 1 aromatic carbocycles. The number of piperidine rings is 1. The van der Waals surface area contributed by atoms with Gasteiger partial charge >= 0.3 is 0 Å². The lowest BCUT2D eigenvalue weighted by molar-refractivity contribution is -0.143. The van der Waals surface area contributed by atoms with E-state index in [2.05, 4.69) is 4.90 Å². The molecule has 7 heteroatoms. The highest BCUT2D eigenvalue weighted by atomic mass is 19.1. The van der Waals surface area contributed by atoms with Gasteiger partial charge in [0.25, 0.3) is 0 Å². The van der Waals surface area contributed by atoms with Crippen LogP contribution in [0.5, 0.6) is 0 Å². The predicted octanol–water partition coefficient (Wildman–Crippen LogP) is 1.79. The van der Waals surface area contributed by atoms with Crippen molar-refractivity contribution >= 4 is 11.8 Å². The number of carbonyl (C=O) groups is 2. The molecule has 0 aliphatic carbocycles. The van der Waals surface area contributed by atoms with Crippen LogP contribution in [0.4, 0.5) is 4.39 Å². The number of nitrogens with zero attached hydrogens (tertiary/aromatic N) is 3. The van der Waals surface area contributed by atoms with Gasteiger partial charge in [-0.3, -0.25) is 14.5 Å². The molecule has 3 aliphatic heterocycles. The molecule has 3 saturated heterocycles. The number of rotatable bonds is 5. The molecule has 164 valence electrons. The number of likely N-dealkylation sites (tertiary alicyclic amines) is 3. The fourth-order valence-electron chi connectivity index (χ4n) is 5.89. The number of ether oxygens (including phenoxy) is 1. The second kappa shape index (κ2) is 8.27. The predicted molar refractivity (Wildman–Crippen MR) is 111 cm³/mol. The second-order valence-corrected chi connectivity index (χ2v) is 9.23. The van der Waals surface area contributed by atoms with Gasteiger partial charge < -0.3 is 14.5 Å². The second-order valence-electron chi connectivity index (χ2n) is 9.23. The van der Waals surface area contributed by atoms with Crippen molar-refractivity contribution in [3.63, 3.8) is 0 Å². The van der Waals surface area contributed by atoms with E-state index in [-0.39, 0.29) is 34.9 Å². The molecule has 2 spiro atoms. The van der Waals surface area contributed by atoms with Gasteiger partial charge in [0.05, 0.1) is 18.4 Å². The Morgan fingerprint density at radius 3 is 2.57 bits per heavy atom. The maximum atomic E-state index is 13.4.